The van der Waals surface area contributed by atoms with Crippen LogP contribution < -0.4 is 5.32 Å². The number of hydrogen-bond acceptors (Lipinski definition) is 5. The summed E-state index contributed by atoms with van der Waals surface area (Å²) in [6.07, 6.45) is 6.57. The SMILES string of the molecule is [C-]#[N+]c1ccc(NCCCc2ncc(-c3ncc(C)[nH]3)c(-c3ccc(Cl)cc3Cl)n2)nc1. The minimum atomic E-state index is 0.516. The van der Waals surface area contributed by atoms with Gasteiger partial charge in [0.25, 0.3) is 0 Å². The zero-order valence-electron chi connectivity index (χ0n) is 17.2. The second-order valence-corrected chi connectivity index (χ2v) is 7.97. The second kappa shape index (κ2) is 9.77. The molecule has 0 radical (unpaired) electrons. The van der Waals surface area contributed by atoms with Crippen LogP contribution in [-0.2, 0) is 6.42 Å². The van der Waals surface area contributed by atoms with Crippen molar-refractivity contribution in [1.82, 2.24) is 24.9 Å². The van der Waals surface area contributed by atoms with Gasteiger partial charge in [-0.25, -0.2) is 19.8 Å². The molecule has 0 aliphatic carbocycles. The number of benzene rings is 1. The molecule has 4 aromatic rings. The molecule has 160 valence electrons. The van der Waals surface area contributed by atoms with Crippen LogP contribution in [0.3, 0.4) is 0 Å². The van der Waals surface area contributed by atoms with Gasteiger partial charge in [0.15, 0.2) is 0 Å². The maximum atomic E-state index is 6.98. The Morgan fingerprint density at radius 1 is 1.03 bits per heavy atom. The number of pyridine rings is 1. The largest absolute Gasteiger partial charge is 0.370 e. The first-order valence-electron chi connectivity index (χ1n) is 9.94. The van der Waals surface area contributed by atoms with E-state index in [1.54, 1.807) is 42.9 Å². The topological polar surface area (TPSA) is 83.7 Å². The number of rotatable bonds is 7. The van der Waals surface area contributed by atoms with Crippen LogP contribution in [0.15, 0.2) is 48.9 Å². The van der Waals surface area contributed by atoms with Crippen molar-refractivity contribution in [2.75, 3.05) is 11.9 Å². The zero-order chi connectivity index (χ0) is 22.5. The lowest BCUT2D eigenvalue weighted by Gasteiger charge is -2.11. The van der Waals surface area contributed by atoms with Gasteiger partial charge in [0.1, 0.15) is 17.5 Å². The summed E-state index contributed by atoms with van der Waals surface area (Å²) in [5.74, 6) is 2.12. The van der Waals surface area contributed by atoms with E-state index in [9.17, 15) is 0 Å². The molecule has 0 fully saturated rings. The number of aromatic nitrogens is 5. The Bertz CT molecular complexity index is 1280. The summed E-state index contributed by atoms with van der Waals surface area (Å²) in [4.78, 5) is 24.6. The predicted molar refractivity (Wildman–Crippen MR) is 127 cm³/mol. The summed E-state index contributed by atoms with van der Waals surface area (Å²) in [5, 5.41) is 4.33. The van der Waals surface area contributed by atoms with Gasteiger partial charge in [0.05, 0.1) is 22.9 Å². The number of nitrogens with zero attached hydrogens (tertiary/aromatic N) is 5. The zero-order valence-corrected chi connectivity index (χ0v) is 18.7. The molecular weight excluding hydrogens is 445 g/mol. The van der Waals surface area contributed by atoms with Gasteiger partial charge in [-0.3, -0.25) is 4.98 Å². The summed E-state index contributed by atoms with van der Waals surface area (Å²) in [6, 6.07) is 8.88. The Labute approximate surface area is 195 Å². The first-order chi connectivity index (χ1) is 15.5. The van der Waals surface area contributed by atoms with Crippen LogP contribution >= 0.6 is 23.2 Å². The van der Waals surface area contributed by atoms with Crippen LogP contribution in [0.25, 0.3) is 27.5 Å². The van der Waals surface area contributed by atoms with Crippen LogP contribution in [-0.4, -0.2) is 31.5 Å². The van der Waals surface area contributed by atoms with Crippen molar-refractivity contribution < 1.29 is 0 Å². The molecule has 0 atom stereocenters. The first-order valence-corrected chi connectivity index (χ1v) is 10.7. The Kier molecular flexibility index (Phi) is 6.64. The lowest BCUT2D eigenvalue weighted by molar-refractivity contribution is 0.800. The number of aryl methyl sites for hydroxylation is 2. The minimum Gasteiger partial charge on any atom is -0.370 e. The highest BCUT2D eigenvalue weighted by Crippen LogP contribution is 2.34. The fourth-order valence-corrected chi connectivity index (χ4v) is 3.67. The molecule has 0 saturated heterocycles. The quantitative estimate of drug-likeness (QED) is 0.254. The summed E-state index contributed by atoms with van der Waals surface area (Å²) >= 11 is 12.6. The van der Waals surface area contributed by atoms with Crippen LogP contribution in [0.5, 0.6) is 0 Å². The van der Waals surface area contributed by atoms with E-state index in [1.165, 1.54) is 0 Å². The highest BCUT2D eigenvalue weighted by molar-refractivity contribution is 6.36. The Morgan fingerprint density at radius 3 is 2.59 bits per heavy atom. The first kappa shape index (κ1) is 21.8. The number of H-pyrrole nitrogens is 1. The molecule has 2 N–H and O–H groups in total. The molecule has 0 amide bonds. The molecule has 0 spiro atoms. The van der Waals surface area contributed by atoms with E-state index in [-0.39, 0.29) is 0 Å². The van der Waals surface area contributed by atoms with Crippen LogP contribution in [0.4, 0.5) is 11.5 Å². The molecule has 32 heavy (non-hydrogen) atoms. The third-order valence-electron chi connectivity index (χ3n) is 4.74. The van der Waals surface area contributed by atoms with Gasteiger partial charge in [-0.15, -0.1) is 0 Å². The number of hydrogen-bond donors (Lipinski definition) is 2. The van der Waals surface area contributed by atoms with E-state index < -0.39 is 0 Å². The molecule has 3 aromatic heterocycles. The highest BCUT2D eigenvalue weighted by Gasteiger charge is 2.16. The van der Waals surface area contributed by atoms with E-state index in [4.69, 9.17) is 34.8 Å². The standard InChI is InChI=1S/C23H19Cl2N7/c1-14-11-30-23(31-14)18-13-29-21(32-22(18)17-7-5-15(24)10-19(17)25)4-3-9-27-20-8-6-16(26-2)12-28-20/h5-8,10-13H,3-4,9H2,1H3,(H,27,28)(H,30,31). The molecule has 0 aliphatic heterocycles. The molecule has 9 heteroatoms. The number of anilines is 1. The van der Waals surface area contributed by atoms with E-state index in [1.807, 2.05) is 13.0 Å². The molecule has 7 nitrogen and oxygen atoms in total. The molecule has 3 heterocycles. The molecule has 4 rings (SSSR count). The molecule has 0 saturated carbocycles. The Balaban J connectivity index is 1.53. The molecular formula is C23H19Cl2N7. The van der Waals surface area contributed by atoms with Gasteiger partial charge in [-0.05, 0) is 37.6 Å². The molecule has 0 unspecified atom stereocenters. The minimum absolute atomic E-state index is 0.516. The van der Waals surface area contributed by atoms with Crippen LogP contribution in [0.1, 0.15) is 17.9 Å². The van der Waals surface area contributed by atoms with E-state index >= 15 is 0 Å². The average Bonchev–Trinajstić information content (AvgIpc) is 3.23. The van der Waals surface area contributed by atoms with Gasteiger partial charge in [0, 0.05) is 47.8 Å². The summed E-state index contributed by atoms with van der Waals surface area (Å²) < 4.78 is 0. The Hall–Kier alpha value is -3.47. The number of imidazole rings is 1. The smallest absolute Gasteiger partial charge is 0.205 e. The van der Waals surface area contributed by atoms with Crippen molar-refractivity contribution in [3.05, 3.63) is 81.9 Å². The summed E-state index contributed by atoms with van der Waals surface area (Å²) in [6.45, 7) is 9.62. The predicted octanol–water partition coefficient (Wildman–Crippen LogP) is 6.14. The fraction of sp³-hybridized carbons (Fsp3) is 0.174. The number of nitrogens with one attached hydrogen (secondary N) is 2. The van der Waals surface area contributed by atoms with Crippen molar-refractivity contribution in [3.63, 3.8) is 0 Å². The van der Waals surface area contributed by atoms with Crippen LogP contribution in [0, 0.1) is 13.5 Å². The van der Waals surface area contributed by atoms with Crippen molar-refractivity contribution in [1.29, 1.82) is 0 Å². The Morgan fingerprint density at radius 2 is 1.91 bits per heavy atom. The second-order valence-electron chi connectivity index (χ2n) is 7.13. The highest BCUT2D eigenvalue weighted by atomic mass is 35.5. The maximum Gasteiger partial charge on any atom is 0.205 e. The molecule has 0 aliphatic rings. The van der Waals surface area contributed by atoms with Crippen molar-refractivity contribution in [3.8, 4) is 22.6 Å². The van der Waals surface area contributed by atoms with Gasteiger partial charge in [-0.1, -0.05) is 29.3 Å². The van der Waals surface area contributed by atoms with E-state index in [0.29, 0.717) is 46.0 Å². The monoisotopic (exact) mass is 463 g/mol. The summed E-state index contributed by atoms with van der Waals surface area (Å²) in [7, 11) is 0. The van der Waals surface area contributed by atoms with Gasteiger partial charge >= 0.3 is 0 Å². The normalized spacial score (nSPS) is 10.7. The third kappa shape index (κ3) is 5.05. The lowest BCUT2D eigenvalue weighted by atomic mass is 10.1. The van der Waals surface area contributed by atoms with E-state index in [0.717, 1.165) is 29.1 Å². The summed E-state index contributed by atoms with van der Waals surface area (Å²) in [5.41, 5.74) is 3.71. The maximum absolute atomic E-state index is 6.98. The average molecular weight is 464 g/mol. The van der Waals surface area contributed by atoms with Crippen LogP contribution in [0.2, 0.25) is 10.0 Å². The van der Waals surface area contributed by atoms with Crippen molar-refractivity contribution in [2.24, 2.45) is 0 Å². The number of aromatic amines is 1. The molecule has 1 aromatic carbocycles. The van der Waals surface area contributed by atoms with Gasteiger partial charge < -0.3 is 10.3 Å². The number of halogens is 2. The third-order valence-corrected chi connectivity index (χ3v) is 5.29. The molecule has 0 bridgehead atoms. The van der Waals surface area contributed by atoms with E-state index in [2.05, 4.69) is 30.1 Å². The van der Waals surface area contributed by atoms with Crippen molar-refractivity contribution >= 4 is 34.7 Å². The van der Waals surface area contributed by atoms with Gasteiger partial charge in [0.2, 0.25) is 5.69 Å². The van der Waals surface area contributed by atoms with Gasteiger partial charge in [-0.2, -0.15) is 0 Å². The fourth-order valence-electron chi connectivity index (χ4n) is 3.17. The lowest BCUT2D eigenvalue weighted by Crippen LogP contribution is -2.06. The van der Waals surface area contributed by atoms with Crippen molar-refractivity contribution in [2.45, 2.75) is 19.8 Å².